The maximum absolute atomic E-state index is 12.4. The van der Waals surface area contributed by atoms with E-state index in [9.17, 15) is 13.2 Å². The highest BCUT2D eigenvalue weighted by Crippen LogP contribution is 2.40. The molecular formula is C10H10F3N. The summed E-state index contributed by atoms with van der Waals surface area (Å²) in [6.07, 6.45) is -2.39. The molecule has 0 atom stereocenters. The van der Waals surface area contributed by atoms with Crippen LogP contribution in [0.3, 0.4) is 0 Å². The molecule has 0 N–H and O–H groups in total. The summed E-state index contributed by atoms with van der Waals surface area (Å²) in [5.74, 6) is 0.260. The Labute approximate surface area is 80.0 Å². The molecule has 0 amide bonds. The Balaban J connectivity index is 2.41. The van der Waals surface area contributed by atoms with Crippen molar-refractivity contribution in [2.24, 2.45) is 0 Å². The number of hydrogen-bond acceptors (Lipinski definition) is 1. The first-order valence-corrected chi connectivity index (χ1v) is 4.52. The largest absolute Gasteiger partial charge is 0.433 e. The highest BCUT2D eigenvalue weighted by atomic mass is 19.4. The van der Waals surface area contributed by atoms with Crippen LogP contribution in [0.15, 0.2) is 12.1 Å². The minimum Gasteiger partial charge on any atom is -0.248 e. The standard InChI is InChI=1S/C10H10F3N/c1-6-4-8(7-2-3-7)14-9(5-6)10(11,12)13/h4-5,7H,2-3H2,1H3. The van der Waals surface area contributed by atoms with Crippen LogP contribution in [0.4, 0.5) is 13.2 Å². The maximum Gasteiger partial charge on any atom is 0.433 e. The SMILES string of the molecule is Cc1cc(C2CC2)nc(C(F)(F)F)c1. The molecule has 0 aliphatic heterocycles. The van der Waals surface area contributed by atoms with Crippen LogP contribution in [-0.2, 0) is 6.18 Å². The molecule has 1 aliphatic carbocycles. The molecule has 0 bridgehead atoms. The van der Waals surface area contributed by atoms with Crippen molar-refractivity contribution in [3.63, 3.8) is 0 Å². The van der Waals surface area contributed by atoms with Crippen molar-refractivity contribution in [2.75, 3.05) is 0 Å². The van der Waals surface area contributed by atoms with E-state index in [-0.39, 0.29) is 5.92 Å². The van der Waals surface area contributed by atoms with Gasteiger partial charge in [-0.3, -0.25) is 0 Å². The Kier molecular flexibility index (Phi) is 2.01. The lowest BCUT2D eigenvalue weighted by Gasteiger charge is -2.08. The number of rotatable bonds is 1. The first kappa shape index (κ1) is 9.49. The van der Waals surface area contributed by atoms with Gasteiger partial charge < -0.3 is 0 Å². The molecule has 0 aromatic carbocycles. The lowest BCUT2D eigenvalue weighted by atomic mass is 10.1. The van der Waals surface area contributed by atoms with E-state index in [0.717, 1.165) is 18.9 Å². The molecule has 0 spiro atoms. The number of aryl methyl sites for hydroxylation is 1. The molecule has 1 aromatic rings. The lowest BCUT2D eigenvalue weighted by molar-refractivity contribution is -0.141. The Hall–Kier alpha value is -1.06. The fourth-order valence-corrected chi connectivity index (χ4v) is 1.43. The molecule has 1 aromatic heterocycles. The highest BCUT2D eigenvalue weighted by molar-refractivity contribution is 5.26. The summed E-state index contributed by atoms with van der Waals surface area (Å²) in [6.45, 7) is 1.67. The van der Waals surface area contributed by atoms with Crippen LogP contribution in [0.5, 0.6) is 0 Å². The maximum atomic E-state index is 12.4. The molecule has 0 radical (unpaired) electrons. The van der Waals surface area contributed by atoms with Gasteiger partial charge in [-0.2, -0.15) is 13.2 Å². The van der Waals surface area contributed by atoms with Crippen LogP contribution in [0.2, 0.25) is 0 Å². The van der Waals surface area contributed by atoms with Gasteiger partial charge in [0.25, 0.3) is 0 Å². The highest BCUT2D eigenvalue weighted by Gasteiger charge is 2.34. The minimum atomic E-state index is -4.32. The molecule has 76 valence electrons. The number of pyridine rings is 1. The summed E-state index contributed by atoms with van der Waals surface area (Å²) in [6, 6.07) is 2.83. The van der Waals surface area contributed by atoms with Crippen LogP contribution >= 0.6 is 0 Å². The summed E-state index contributed by atoms with van der Waals surface area (Å²) < 4.78 is 37.1. The van der Waals surface area contributed by atoms with E-state index >= 15 is 0 Å². The number of nitrogens with zero attached hydrogens (tertiary/aromatic N) is 1. The molecule has 1 nitrogen and oxygen atoms in total. The third-order valence-electron chi connectivity index (χ3n) is 2.28. The molecule has 1 aliphatic rings. The molecule has 14 heavy (non-hydrogen) atoms. The van der Waals surface area contributed by atoms with Crippen molar-refractivity contribution >= 4 is 0 Å². The topological polar surface area (TPSA) is 12.9 Å². The molecular weight excluding hydrogens is 191 g/mol. The van der Waals surface area contributed by atoms with Gasteiger partial charge in [-0.25, -0.2) is 4.98 Å². The summed E-state index contributed by atoms with van der Waals surface area (Å²) in [5.41, 5.74) is 0.464. The second-order valence-corrected chi connectivity index (χ2v) is 3.73. The second-order valence-electron chi connectivity index (χ2n) is 3.73. The summed E-state index contributed by atoms with van der Waals surface area (Å²) in [4.78, 5) is 3.64. The van der Waals surface area contributed by atoms with Crippen molar-refractivity contribution < 1.29 is 13.2 Å². The van der Waals surface area contributed by atoms with Gasteiger partial charge in [-0.05, 0) is 37.5 Å². The van der Waals surface area contributed by atoms with Gasteiger partial charge in [0.2, 0.25) is 0 Å². The number of halogens is 3. The monoisotopic (exact) mass is 201 g/mol. The van der Waals surface area contributed by atoms with Gasteiger partial charge in [-0.1, -0.05) is 0 Å². The van der Waals surface area contributed by atoms with Crippen LogP contribution in [0.25, 0.3) is 0 Å². The van der Waals surface area contributed by atoms with E-state index in [2.05, 4.69) is 4.98 Å². The number of alkyl halides is 3. The van der Waals surface area contributed by atoms with E-state index < -0.39 is 11.9 Å². The quantitative estimate of drug-likeness (QED) is 0.679. The van der Waals surface area contributed by atoms with E-state index in [0.29, 0.717) is 11.3 Å². The van der Waals surface area contributed by atoms with Crippen molar-refractivity contribution in [3.05, 3.63) is 29.1 Å². The third-order valence-corrected chi connectivity index (χ3v) is 2.28. The first-order valence-electron chi connectivity index (χ1n) is 4.52. The van der Waals surface area contributed by atoms with E-state index in [1.807, 2.05) is 0 Å². The van der Waals surface area contributed by atoms with Gasteiger partial charge >= 0.3 is 6.18 Å². The van der Waals surface area contributed by atoms with Gasteiger partial charge in [0.1, 0.15) is 5.69 Å². The fourth-order valence-electron chi connectivity index (χ4n) is 1.43. The molecule has 0 saturated heterocycles. The predicted octanol–water partition coefficient (Wildman–Crippen LogP) is 3.29. The molecule has 1 saturated carbocycles. The third kappa shape index (κ3) is 1.89. The Morgan fingerprint density at radius 1 is 1.29 bits per heavy atom. The van der Waals surface area contributed by atoms with Crippen LogP contribution in [0.1, 0.15) is 35.7 Å². The zero-order valence-electron chi connectivity index (χ0n) is 7.73. The zero-order chi connectivity index (χ0) is 10.3. The Morgan fingerprint density at radius 2 is 1.93 bits per heavy atom. The Morgan fingerprint density at radius 3 is 2.43 bits per heavy atom. The smallest absolute Gasteiger partial charge is 0.248 e. The summed E-state index contributed by atoms with van der Waals surface area (Å²) in [5, 5.41) is 0. The minimum absolute atomic E-state index is 0.260. The van der Waals surface area contributed by atoms with Crippen molar-refractivity contribution in [1.82, 2.24) is 4.98 Å². The molecule has 1 heterocycles. The normalized spacial score (nSPS) is 17.1. The average molecular weight is 201 g/mol. The van der Waals surface area contributed by atoms with Crippen molar-refractivity contribution in [3.8, 4) is 0 Å². The zero-order valence-corrected chi connectivity index (χ0v) is 7.73. The van der Waals surface area contributed by atoms with Gasteiger partial charge in [0.05, 0.1) is 0 Å². The number of aromatic nitrogens is 1. The van der Waals surface area contributed by atoms with Gasteiger partial charge in [0.15, 0.2) is 0 Å². The van der Waals surface area contributed by atoms with Crippen LogP contribution < -0.4 is 0 Å². The summed E-state index contributed by atoms with van der Waals surface area (Å²) in [7, 11) is 0. The van der Waals surface area contributed by atoms with Crippen LogP contribution in [0, 0.1) is 6.92 Å². The molecule has 2 rings (SSSR count). The van der Waals surface area contributed by atoms with E-state index in [1.54, 1.807) is 13.0 Å². The van der Waals surface area contributed by atoms with Gasteiger partial charge in [-0.15, -0.1) is 0 Å². The summed E-state index contributed by atoms with van der Waals surface area (Å²) >= 11 is 0. The average Bonchev–Trinajstić information content (AvgIpc) is 2.83. The van der Waals surface area contributed by atoms with Gasteiger partial charge in [0, 0.05) is 11.6 Å². The van der Waals surface area contributed by atoms with E-state index in [1.165, 1.54) is 0 Å². The molecule has 0 unspecified atom stereocenters. The van der Waals surface area contributed by atoms with Crippen molar-refractivity contribution in [1.29, 1.82) is 0 Å². The predicted molar refractivity (Wildman–Crippen MR) is 46.0 cm³/mol. The van der Waals surface area contributed by atoms with Crippen molar-refractivity contribution in [2.45, 2.75) is 31.9 Å². The lowest BCUT2D eigenvalue weighted by Crippen LogP contribution is -2.09. The van der Waals surface area contributed by atoms with E-state index in [4.69, 9.17) is 0 Å². The Bertz CT molecular complexity index is 353. The molecule has 4 heteroatoms. The first-order chi connectivity index (χ1) is 6.47. The second kappa shape index (κ2) is 2.97. The molecule has 1 fully saturated rings. The number of hydrogen-bond donors (Lipinski definition) is 0. The fraction of sp³-hybridized carbons (Fsp3) is 0.500. The van der Waals surface area contributed by atoms with Crippen LogP contribution in [-0.4, -0.2) is 4.98 Å².